The van der Waals surface area contributed by atoms with Gasteiger partial charge in [0.05, 0.1) is 0 Å². The Kier molecular flexibility index (Phi) is 3.90. The van der Waals surface area contributed by atoms with Crippen molar-refractivity contribution < 1.29 is 4.39 Å². The van der Waals surface area contributed by atoms with Crippen molar-refractivity contribution in [3.63, 3.8) is 0 Å². The van der Waals surface area contributed by atoms with Crippen molar-refractivity contribution in [3.8, 4) is 0 Å². The molecule has 1 rings (SSSR count). The highest BCUT2D eigenvalue weighted by Gasteiger charge is 2.02. The minimum Gasteiger partial charge on any atom is -0.319 e. The van der Waals surface area contributed by atoms with Crippen LogP contribution in [-0.4, -0.2) is 13.6 Å². The van der Waals surface area contributed by atoms with E-state index in [9.17, 15) is 4.39 Å². The summed E-state index contributed by atoms with van der Waals surface area (Å²) < 4.78 is 12.9. The predicted octanol–water partition coefficient (Wildman–Crippen LogP) is 2.48. The third kappa shape index (κ3) is 3.15. The summed E-state index contributed by atoms with van der Waals surface area (Å²) in [4.78, 5) is 0. The Balaban J connectivity index is 2.68. The van der Waals surface area contributed by atoms with Gasteiger partial charge < -0.3 is 5.32 Å². The molecule has 0 saturated heterocycles. The molecule has 0 heterocycles. The largest absolute Gasteiger partial charge is 0.319 e. The summed E-state index contributed by atoms with van der Waals surface area (Å²) in [7, 11) is 1.92. The lowest BCUT2D eigenvalue weighted by molar-refractivity contribution is 0.374. The number of alkyl halides is 1. The molecule has 0 radical (unpaired) electrons. The first-order chi connectivity index (χ1) is 6.24. The summed E-state index contributed by atoms with van der Waals surface area (Å²) in [6.07, 6.45) is 0.0892. The summed E-state index contributed by atoms with van der Waals surface area (Å²) in [5, 5.41) is 3.07. The van der Waals surface area contributed by atoms with Crippen LogP contribution < -0.4 is 5.32 Å². The molecular weight excluding hydrogens is 165 g/mol. The fourth-order valence-electron chi connectivity index (χ4n) is 1.27. The smallest absolute Gasteiger partial charge is 0.122 e. The molecule has 1 unspecified atom stereocenters. The van der Waals surface area contributed by atoms with E-state index < -0.39 is 6.17 Å². The van der Waals surface area contributed by atoms with Crippen LogP contribution in [0.5, 0.6) is 0 Å². The third-order valence-electron chi connectivity index (χ3n) is 2.07. The van der Waals surface area contributed by atoms with E-state index in [0.29, 0.717) is 0 Å². The van der Waals surface area contributed by atoms with Crippen molar-refractivity contribution in [2.45, 2.75) is 19.5 Å². The minimum atomic E-state index is -0.866. The number of halogens is 1. The van der Waals surface area contributed by atoms with Crippen molar-refractivity contribution in [2.24, 2.45) is 0 Å². The molecule has 0 fully saturated rings. The average molecular weight is 181 g/mol. The van der Waals surface area contributed by atoms with E-state index in [1.165, 1.54) is 5.56 Å². The maximum Gasteiger partial charge on any atom is 0.122 e. The first-order valence-electron chi connectivity index (χ1n) is 4.61. The van der Waals surface area contributed by atoms with Crippen LogP contribution in [0.1, 0.15) is 24.2 Å². The van der Waals surface area contributed by atoms with Gasteiger partial charge in [0.15, 0.2) is 0 Å². The molecule has 2 heteroatoms. The molecule has 0 aromatic heterocycles. The molecule has 0 aliphatic heterocycles. The number of hydrogen-bond donors (Lipinski definition) is 1. The molecule has 0 bridgehead atoms. The average Bonchev–Trinajstić information content (AvgIpc) is 2.15. The number of hydrogen-bond acceptors (Lipinski definition) is 1. The Morgan fingerprint density at radius 1 is 1.46 bits per heavy atom. The van der Waals surface area contributed by atoms with E-state index >= 15 is 0 Å². The Labute approximate surface area is 79.0 Å². The normalized spacial score (nSPS) is 12.8. The first kappa shape index (κ1) is 10.2. The summed E-state index contributed by atoms with van der Waals surface area (Å²) in [5.74, 6) is 0. The van der Waals surface area contributed by atoms with Crippen molar-refractivity contribution in [2.75, 3.05) is 13.6 Å². The fourth-order valence-corrected chi connectivity index (χ4v) is 1.27. The Hall–Kier alpha value is -0.890. The van der Waals surface area contributed by atoms with Crippen molar-refractivity contribution >= 4 is 0 Å². The SMILES string of the molecule is CNCCc1cccc(C(C)F)c1. The van der Waals surface area contributed by atoms with E-state index in [4.69, 9.17) is 0 Å². The van der Waals surface area contributed by atoms with Crippen LogP contribution in [0.2, 0.25) is 0 Å². The van der Waals surface area contributed by atoms with Gasteiger partial charge in [-0.2, -0.15) is 0 Å². The molecule has 1 aromatic rings. The molecule has 72 valence electrons. The van der Waals surface area contributed by atoms with Crippen LogP contribution in [0, 0.1) is 0 Å². The fraction of sp³-hybridized carbons (Fsp3) is 0.455. The maximum absolute atomic E-state index is 12.9. The Morgan fingerprint density at radius 2 is 2.23 bits per heavy atom. The maximum atomic E-state index is 12.9. The number of nitrogens with one attached hydrogen (secondary N) is 1. The lowest BCUT2D eigenvalue weighted by Crippen LogP contribution is -2.10. The number of rotatable bonds is 4. The molecule has 0 spiro atoms. The van der Waals surface area contributed by atoms with E-state index in [2.05, 4.69) is 5.32 Å². The molecule has 13 heavy (non-hydrogen) atoms. The molecule has 1 nitrogen and oxygen atoms in total. The predicted molar refractivity (Wildman–Crippen MR) is 53.6 cm³/mol. The standard InChI is InChI=1S/C11H16FN/c1-9(12)11-5-3-4-10(8-11)6-7-13-2/h3-5,8-9,13H,6-7H2,1-2H3. The van der Waals surface area contributed by atoms with Gasteiger partial charge in [0, 0.05) is 0 Å². The highest BCUT2D eigenvalue weighted by Crippen LogP contribution is 2.17. The summed E-state index contributed by atoms with van der Waals surface area (Å²) in [6, 6.07) is 7.70. The molecule has 1 atom stereocenters. The zero-order valence-electron chi connectivity index (χ0n) is 8.18. The molecule has 0 saturated carbocycles. The van der Waals surface area contributed by atoms with E-state index in [1.807, 2.05) is 31.3 Å². The van der Waals surface area contributed by atoms with Gasteiger partial charge in [-0.15, -0.1) is 0 Å². The zero-order chi connectivity index (χ0) is 9.68. The Bertz CT molecular complexity index is 258. The molecule has 0 amide bonds. The third-order valence-corrected chi connectivity index (χ3v) is 2.07. The lowest BCUT2D eigenvalue weighted by atomic mass is 10.1. The van der Waals surface area contributed by atoms with Gasteiger partial charge in [-0.3, -0.25) is 0 Å². The Morgan fingerprint density at radius 3 is 2.85 bits per heavy atom. The van der Waals surface area contributed by atoms with Crippen LogP contribution in [0.15, 0.2) is 24.3 Å². The van der Waals surface area contributed by atoms with E-state index in [0.717, 1.165) is 18.5 Å². The van der Waals surface area contributed by atoms with Crippen LogP contribution >= 0.6 is 0 Å². The van der Waals surface area contributed by atoms with E-state index in [-0.39, 0.29) is 0 Å². The van der Waals surface area contributed by atoms with Gasteiger partial charge in [-0.05, 0) is 38.1 Å². The molecular formula is C11H16FN. The topological polar surface area (TPSA) is 12.0 Å². The summed E-state index contributed by atoms with van der Waals surface area (Å²) in [6.45, 7) is 2.50. The van der Waals surface area contributed by atoms with Crippen LogP contribution in [-0.2, 0) is 6.42 Å². The van der Waals surface area contributed by atoms with Gasteiger partial charge in [-0.1, -0.05) is 24.3 Å². The van der Waals surface area contributed by atoms with Gasteiger partial charge in [0.1, 0.15) is 6.17 Å². The highest BCUT2D eigenvalue weighted by molar-refractivity contribution is 5.25. The van der Waals surface area contributed by atoms with Crippen LogP contribution in [0.4, 0.5) is 4.39 Å². The number of benzene rings is 1. The van der Waals surface area contributed by atoms with Gasteiger partial charge in [0.2, 0.25) is 0 Å². The van der Waals surface area contributed by atoms with Crippen molar-refractivity contribution in [3.05, 3.63) is 35.4 Å². The van der Waals surface area contributed by atoms with Crippen LogP contribution in [0.3, 0.4) is 0 Å². The zero-order valence-corrected chi connectivity index (χ0v) is 8.18. The van der Waals surface area contributed by atoms with Crippen LogP contribution in [0.25, 0.3) is 0 Å². The number of likely N-dealkylation sites (N-methyl/N-ethyl adjacent to an activating group) is 1. The molecule has 1 N–H and O–H groups in total. The lowest BCUT2D eigenvalue weighted by Gasteiger charge is -2.05. The van der Waals surface area contributed by atoms with Gasteiger partial charge in [-0.25, -0.2) is 4.39 Å². The second kappa shape index (κ2) is 4.97. The second-order valence-corrected chi connectivity index (χ2v) is 3.21. The van der Waals surface area contributed by atoms with Gasteiger partial charge in [0.25, 0.3) is 0 Å². The molecule has 0 aliphatic carbocycles. The van der Waals surface area contributed by atoms with Crippen molar-refractivity contribution in [1.29, 1.82) is 0 Å². The quantitative estimate of drug-likeness (QED) is 0.752. The minimum absolute atomic E-state index is 0.772. The van der Waals surface area contributed by atoms with E-state index in [1.54, 1.807) is 6.92 Å². The summed E-state index contributed by atoms with van der Waals surface area (Å²) in [5.41, 5.74) is 1.96. The first-order valence-corrected chi connectivity index (χ1v) is 4.61. The second-order valence-electron chi connectivity index (χ2n) is 3.21. The summed E-state index contributed by atoms with van der Waals surface area (Å²) >= 11 is 0. The van der Waals surface area contributed by atoms with Gasteiger partial charge >= 0.3 is 0 Å². The molecule has 1 aromatic carbocycles. The van der Waals surface area contributed by atoms with Crippen molar-refractivity contribution in [1.82, 2.24) is 5.32 Å². The monoisotopic (exact) mass is 181 g/mol. The highest BCUT2D eigenvalue weighted by atomic mass is 19.1. The molecule has 0 aliphatic rings.